The number of carbonyl (C=O) groups excluding carboxylic acids is 2. The molecule has 0 aromatic heterocycles. The van der Waals surface area contributed by atoms with Crippen LogP contribution >= 0.6 is 0 Å². The van der Waals surface area contributed by atoms with Crippen LogP contribution in [0.25, 0.3) is 0 Å². The summed E-state index contributed by atoms with van der Waals surface area (Å²) in [5, 5.41) is 5.82. The number of rotatable bonds is 6. The van der Waals surface area contributed by atoms with E-state index in [2.05, 4.69) is 10.6 Å². The number of anilines is 2. The zero-order valence-electron chi connectivity index (χ0n) is 16.1. The summed E-state index contributed by atoms with van der Waals surface area (Å²) in [7, 11) is 3.78. The Morgan fingerprint density at radius 2 is 1.69 bits per heavy atom. The lowest BCUT2D eigenvalue weighted by atomic mass is 10.1. The molecule has 2 aromatic carbocycles. The zero-order valence-corrected chi connectivity index (χ0v) is 16.1. The van der Waals surface area contributed by atoms with Gasteiger partial charge >= 0.3 is 0 Å². The first kappa shape index (κ1) is 19.5. The average molecular weight is 353 g/mol. The van der Waals surface area contributed by atoms with Crippen molar-refractivity contribution in [1.82, 2.24) is 5.32 Å². The third-order valence-electron chi connectivity index (χ3n) is 4.04. The summed E-state index contributed by atoms with van der Waals surface area (Å²) in [5.74, 6) is 0.0364. The second kappa shape index (κ2) is 8.52. The number of benzene rings is 2. The molecule has 5 nitrogen and oxygen atoms in total. The fourth-order valence-corrected chi connectivity index (χ4v) is 2.60. The van der Waals surface area contributed by atoms with E-state index in [4.69, 9.17) is 0 Å². The van der Waals surface area contributed by atoms with Crippen molar-refractivity contribution >= 4 is 23.2 Å². The van der Waals surface area contributed by atoms with E-state index in [9.17, 15) is 9.59 Å². The van der Waals surface area contributed by atoms with E-state index >= 15 is 0 Å². The topological polar surface area (TPSA) is 61.4 Å². The molecule has 0 bridgehead atoms. The Hall–Kier alpha value is -2.82. The van der Waals surface area contributed by atoms with Gasteiger partial charge in [-0.05, 0) is 42.7 Å². The van der Waals surface area contributed by atoms with Crippen molar-refractivity contribution in [2.24, 2.45) is 5.92 Å². The van der Waals surface area contributed by atoms with E-state index in [-0.39, 0.29) is 11.8 Å². The number of hydrogen-bond acceptors (Lipinski definition) is 3. The van der Waals surface area contributed by atoms with E-state index in [1.54, 1.807) is 12.1 Å². The van der Waals surface area contributed by atoms with Gasteiger partial charge in [-0.25, -0.2) is 0 Å². The first-order chi connectivity index (χ1) is 12.3. The predicted octanol–water partition coefficient (Wildman–Crippen LogP) is 3.70. The Morgan fingerprint density at radius 1 is 1.00 bits per heavy atom. The van der Waals surface area contributed by atoms with Crippen molar-refractivity contribution in [3.05, 3.63) is 59.2 Å². The molecular weight excluding hydrogens is 326 g/mol. The standard InChI is InChI=1S/C21H27N3O2/c1-14(2)13-22-20(25)18-12-16(10-11-19(18)24(4)5)23-21(26)17-9-7-6-8-15(17)3/h6-12,14H,13H2,1-5H3,(H,22,25)(H,23,26). The SMILES string of the molecule is Cc1ccccc1C(=O)Nc1ccc(N(C)C)c(C(=O)NCC(C)C)c1. The molecule has 0 saturated heterocycles. The molecule has 0 spiro atoms. The van der Waals surface area contributed by atoms with Crippen molar-refractivity contribution in [3.63, 3.8) is 0 Å². The molecule has 0 aliphatic carbocycles. The number of nitrogens with one attached hydrogen (secondary N) is 2. The highest BCUT2D eigenvalue weighted by atomic mass is 16.2. The number of amides is 2. The summed E-state index contributed by atoms with van der Waals surface area (Å²) in [6.45, 7) is 6.60. The Morgan fingerprint density at radius 3 is 2.31 bits per heavy atom. The zero-order chi connectivity index (χ0) is 19.3. The predicted molar refractivity (Wildman–Crippen MR) is 107 cm³/mol. The van der Waals surface area contributed by atoms with Gasteiger partial charge in [0.1, 0.15) is 0 Å². The van der Waals surface area contributed by atoms with Crippen LogP contribution in [0, 0.1) is 12.8 Å². The van der Waals surface area contributed by atoms with Gasteiger partial charge in [-0.1, -0.05) is 32.0 Å². The third kappa shape index (κ3) is 4.85. The minimum absolute atomic E-state index is 0.144. The molecule has 2 aromatic rings. The fourth-order valence-electron chi connectivity index (χ4n) is 2.60. The molecule has 0 aliphatic rings. The molecule has 26 heavy (non-hydrogen) atoms. The first-order valence-corrected chi connectivity index (χ1v) is 8.76. The Balaban J connectivity index is 2.27. The lowest BCUT2D eigenvalue weighted by Crippen LogP contribution is -2.29. The Labute approximate surface area is 155 Å². The summed E-state index contributed by atoms with van der Waals surface area (Å²) in [5.41, 5.74) is 3.47. The van der Waals surface area contributed by atoms with Crippen LogP contribution in [-0.2, 0) is 0 Å². The van der Waals surface area contributed by atoms with Crippen molar-refractivity contribution < 1.29 is 9.59 Å². The maximum Gasteiger partial charge on any atom is 0.255 e. The van der Waals surface area contributed by atoms with Crippen LogP contribution in [0.15, 0.2) is 42.5 Å². The average Bonchev–Trinajstić information content (AvgIpc) is 2.59. The first-order valence-electron chi connectivity index (χ1n) is 8.76. The van der Waals surface area contributed by atoms with Gasteiger partial charge in [-0.3, -0.25) is 9.59 Å². The van der Waals surface area contributed by atoms with Gasteiger partial charge in [-0.2, -0.15) is 0 Å². The van der Waals surface area contributed by atoms with E-state index in [1.165, 1.54) is 0 Å². The lowest BCUT2D eigenvalue weighted by molar-refractivity contribution is 0.0948. The Bertz CT molecular complexity index is 798. The summed E-state index contributed by atoms with van der Waals surface area (Å²) < 4.78 is 0. The second-order valence-corrected chi connectivity index (χ2v) is 7.00. The molecule has 0 heterocycles. The van der Waals surface area contributed by atoms with E-state index in [0.717, 1.165) is 11.3 Å². The quantitative estimate of drug-likeness (QED) is 0.832. The monoisotopic (exact) mass is 353 g/mol. The maximum atomic E-state index is 12.6. The van der Waals surface area contributed by atoms with Gasteiger partial charge in [0, 0.05) is 37.6 Å². The van der Waals surface area contributed by atoms with Crippen molar-refractivity contribution in [3.8, 4) is 0 Å². The fraction of sp³-hybridized carbons (Fsp3) is 0.333. The third-order valence-corrected chi connectivity index (χ3v) is 4.04. The molecular formula is C21H27N3O2. The van der Waals surface area contributed by atoms with Crippen LogP contribution < -0.4 is 15.5 Å². The normalized spacial score (nSPS) is 10.5. The van der Waals surface area contributed by atoms with Crippen LogP contribution in [0.4, 0.5) is 11.4 Å². The maximum absolute atomic E-state index is 12.6. The van der Waals surface area contributed by atoms with Gasteiger partial charge in [0.2, 0.25) is 0 Å². The van der Waals surface area contributed by atoms with Crippen LogP contribution in [0.2, 0.25) is 0 Å². The summed E-state index contributed by atoms with van der Waals surface area (Å²) in [6.07, 6.45) is 0. The minimum atomic E-state index is -0.186. The van der Waals surface area contributed by atoms with Crippen molar-refractivity contribution in [1.29, 1.82) is 0 Å². The smallest absolute Gasteiger partial charge is 0.255 e. The molecule has 5 heteroatoms. The van der Waals surface area contributed by atoms with Gasteiger partial charge in [0.25, 0.3) is 11.8 Å². The molecule has 0 aliphatic heterocycles. The van der Waals surface area contributed by atoms with E-state index in [1.807, 2.05) is 70.1 Å². The molecule has 2 N–H and O–H groups in total. The molecule has 0 unspecified atom stereocenters. The molecule has 138 valence electrons. The number of hydrogen-bond donors (Lipinski definition) is 2. The number of carbonyl (C=O) groups is 2. The van der Waals surface area contributed by atoms with Gasteiger partial charge in [0.15, 0.2) is 0 Å². The van der Waals surface area contributed by atoms with E-state index in [0.29, 0.717) is 29.3 Å². The largest absolute Gasteiger partial charge is 0.377 e. The molecule has 0 radical (unpaired) electrons. The van der Waals surface area contributed by atoms with Gasteiger partial charge in [0.05, 0.1) is 5.56 Å². The van der Waals surface area contributed by atoms with Crippen molar-refractivity contribution in [2.45, 2.75) is 20.8 Å². The Kier molecular flexibility index (Phi) is 6.39. The van der Waals surface area contributed by atoms with Gasteiger partial charge in [-0.15, -0.1) is 0 Å². The van der Waals surface area contributed by atoms with Crippen molar-refractivity contribution in [2.75, 3.05) is 30.9 Å². The summed E-state index contributed by atoms with van der Waals surface area (Å²) >= 11 is 0. The molecule has 2 rings (SSSR count). The van der Waals surface area contributed by atoms with Crippen LogP contribution in [0.5, 0.6) is 0 Å². The molecule has 2 amide bonds. The number of nitrogens with zero attached hydrogens (tertiary/aromatic N) is 1. The minimum Gasteiger partial charge on any atom is -0.377 e. The highest BCUT2D eigenvalue weighted by Crippen LogP contribution is 2.23. The number of aryl methyl sites for hydroxylation is 1. The lowest BCUT2D eigenvalue weighted by Gasteiger charge is -2.19. The molecule has 0 saturated carbocycles. The second-order valence-electron chi connectivity index (χ2n) is 7.00. The summed E-state index contributed by atoms with van der Waals surface area (Å²) in [6, 6.07) is 12.8. The van der Waals surface area contributed by atoms with Crippen LogP contribution in [0.1, 0.15) is 40.1 Å². The van der Waals surface area contributed by atoms with Gasteiger partial charge < -0.3 is 15.5 Å². The highest BCUT2D eigenvalue weighted by Gasteiger charge is 2.16. The van der Waals surface area contributed by atoms with E-state index < -0.39 is 0 Å². The molecule has 0 fully saturated rings. The molecule has 0 atom stereocenters. The van der Waals surface area contributed by atoms with Crippen LogP contribution in [0.3, 0.4) is 0 Å². The highest BCUT2D eigenvalue weighted by molar-refractivity contribution is 6.07. The summed E-state index contributed by atoms with van der Waals surface area (Å²) in [4.78, 5) is 27.0. The van der Waals surface area contributed by atoms with Crippen LogP contribution in [-0.4, -0.2) is 32.5 Å².